The van der Waals surface area contributed by atoms with Crippen molar-refractivity contribution < 1.29 is 19.1 Å². The maximum atomic E-state index is 12.5. The van der Waals surface area contributed by atoms with Crippen molar-refractivity contribution in [3.05, 3.63) is 62.5 Å². The van der Waals surface area contributed by atoms with Gasteiger partial charge in [0.15, 0.2) is 11.5 Å². The average Bonchev–Trinajstić information content (AvgIpc) is 2.96. The first-order chi connectivity index (χ1) is 14.4. The van der Waals surface area contributed by atoms with E-state index in [1.807, 2.05) is 32.0 Å². The van der Waals surface area contributed by atoms with E-state index in [1.165, 1.54) is 4.90 Å². The Kier molecular flexibility index (Phi) is 7.69. The van der Waals surface area contributed by atoms with E-state index in [9.17, 15) is 9.59 Å². The van der Waals surface area contributed by atoms with E-state index in [0.717, 1.165) is 17.3 Å². The Balaban J connectivity index is 1.87. The molecule has 8 heteroatoms. The van der Waals surface area contributed by atoms with E-state index < -0.39 is 0 Å². The van der Waals surface area contributed by atoms with E-state index in [4.69, 9.17) is 32.7 Å². The Labute approximate surface area is 189 Å². The lowest BCUT2D eigenvalue weighted by molar-refractivity contribution is -0.122. The molecule has 0 saturated carbocycles. The summed E-state index contributed by atoms with van der Waals surface area (Å²) >= 11 is 13.6. The molecule has 2 aromatic carbocycles. The van der Waals surface area contributed by atoms with Crippen molar-refractivity contribution in [2.24, 2.45) is 0 Å². The van der Waals surface area contributed by atoms with E-state index in [1.54, 1.807) is 24.3 Å². The maximum absolute atomic E-state index is 12.5. The molecule has 0 aliphatic carbocycles. The van der Waals surface area contributed by atoms with E-state index in [-0.39, 0.29) is 17.8 Å². The lowest BCUT2D eigenvalue weighted by Gasteiger charge is -2.15. The minimum atomic E-state index is -0.292. The second kappa shape index (κ2) is 10.2. The van der Waals surface area contributed by atoms with Crippen LogP contribution in [0.4, 0.5) is 4.79 Å². The molecule has 1 saturated heterocycles. The van der Waals surface area contributed by atoms with Gasteiger partial charge in [-0.05, 0) is 54.9 Å². The van der Waals surface area contributed by atoms with Crippen molar-refractivity contribution in [2.45, 2.75) is 26.9 Å². The topological polar surface area (TPSA) is 55.8 Å². The molecule has 0 spiro atoms. The van der Waals surface area contributed by atoms with Gasteiger partial charge >= 0.3 is 0 Å². The van der Waals surface area contributed by atoms with Crippen molar-refractivity contribution in [1.82, 2.24) is 4.90 Å². The molecule has 1 aliphatic heterocycles. The number of imide groups is 1. The van der Waals surface area contributed by atoms with Crippen LogP contribution in [-0.4, -0.2) is 29.2 Å². The van der Waals surface area contributed by atoms with Gasteiger partial charge in [-0.15, -0.1) is 0 Å². The number of halogens is 2. The van der Waals surface area contributed by atoms with Gasteiger partial charge in [0.2, 0.25) is 0 Å². The zero-order chi connectivity index (χ0) is 21.7. The van der Waals surface area contributed by atoms with Gasteiger partial charge in [-0.3, -0.25) is 14.5 Å². The third kappa shape index (κ3) is 5.12. The summed E-state index contributed by atoms with van der Waals surface area (Å²) in [6.45, 7) is 4.82. The number of ether oxygens (including phenoxy) is 2. The molecule has 0 aromatic heterocycles. The monoisotopic (exact) mass is 465 g/mol. The van der Waals surface area contributed by atoms with Crippen LogP contribution in [0.25, 0.3) is 6.08 Å². The highest BCUT2D eigenvalue weighted by molar-refractivity contribution is 8.18. The summed E-state index contributed by atoms with van der Waals surface area (Å²) in [6, 6.07) is 10.8. The zero-order valence-corrected chi connectivity index (χ0v) is 18.9. The maximum Gasteiger partial charge on any atom is 0.293 e. The third-order valence-corrected chi connectivity index (χ3v) is 5.84. The largest absolute Gasteiger partial charge is 0.490 e. The Bertz CT molecular complexity index is 993. The number of carbonyl (C=O) groups excluding carboxylic acids is 2. The molecule has 158 valence electrons. The molecule has 0 bridgehead atoms. The first-order valence-corrected chi connectivity index (χ1v) is 11.1. The fourth-order valence-electron chi connectivity index (χ4n) is 2.91. The number of thioether (sulfide) groups is 1. The van der Waals surface area contributed by atoms with Crippen LogP contribution in [0.15, 0.2) is 41.3 Å². The molecule has 0 atom stereocenters. The number of benzene rings is 2. The lowest BCUT2D eigenvalue weighted by Crippen LogP contribution is -2.28. The molecule has 1 heterocycles. The number of carbonyl (C=O) groups is 2. The van der Waals surface area contributed by atoms with Crippen molar-refractivity contribution >= 4 is 52.2 Å². The van der Waals surface area contributed by atoms with Gasteiger partial charge in [-0.1, -0.05) is 48.3 Å². The Morgan fingerprint density at radius 3 is 2.53 bits per heavy atom. The average molecular weight is 466 g/mol. The van der Waals surface area contributed by atoms with Gasteiger partial charge in [0.1, 0.15) is 6.61 Å². The van der Waals surface area contributed by atoms with Crippen molar-refractivity contribution in [3.8, 4) is 11.5 Å². The standard InChI is InChI=1S/C22H21Cl2NO4S/c1-3-9-25-21(26)19(30-22(25)27)12-14-10-17(24)20(18(11-14)28-4-2)29-13-15-7-5-6-8-16(15)23/h5-8,10-12H,3-4,9,13H2,1-2H3/b19-12+. The second-order valence-electron chi connectivity index (χ2n) is 6.48. The van der Waals surface area contributed by atoms with Crippen molar-refractivity contribution in [2.75, 3.05) is 13.2 Å². The number of amides is 2. The molecule has 0 unspecified atom stereocenters. The quantitative estimate of drug-likeness (QED) is 0.421. The highest BCUT2D eigenvalue weighted by atomic mass is 35.5. The van der Waals surface area contributed by atoms with Gasteiger partial charge in [-0.25, -0.2) is 0 Å². The normalized spacial score (nSPS) is 15.2. The van der Waals surface area contributed by atoms with Crippen LogP contribution in [0.2, 0.25) is 10.0 Å². The molecular weight excluding hydrogens is 445 g/mol. The Morgan fingerprint density at radius 2 is 1.83 bits per heavy atom. The summed E-state index contributed by atoms with van der Waals surface area (Å²) in [7, 11) is 0. The molecule has 5 nitrogen and oxygen atoms in total. The SMILES string of the molecule is CCCN1C(=O)S/C(=C/c2cc(Cl)c(OCc3ccccc3Cl)c(OCC)c2)C1=O. The van der Waals surface area contributed by atoms with Gasteiger partial charge in [-0.2, -0.15) is 0 Å². The molecule has 0 N–H and O–H groups in total. The zero-order valence-electron chi connectivity index (χ0n) is 16.6. The molecule has 1 aliphatic rings. The van der Waals surface area contributed by atoms with Crippen LogP contribution >= 0.6 is 35.0 Å². The van der Waals surface area contributed by atoms with Gasteiger partial charge < -0.3 is 9.47 Å². The number of hydrogen-bond donors (Lipinski definition) is 0. The predicted octanol–water partition coefficient (Wildman–Crippen LogP) is 6.42. The van der Waals surface area contributed by atoms with Crippen LogP contribution in [-0.2, 0) is 11.4 Å². The van der Waals surface area contributed by atoms with E-state index in [2.05, 4.69) is 0 Å². The summed E-state index contributed by atoms with van der Waals surface area (Å²) < 4.78 is 11.6. The first kappa shape index (κ1) is 22.5. The lowest BCUT2D eigenvalue weighted by atomic mass is 10.1. The van der Waals surface area contributed by atoms with Crippen LogP contribution in [0.5, 0.6) is 11.5 Å². The molecule has 30 heavy (non-hydrogen) atoms. The summed E-state index contributed by atoms with van der Waals surface area (Å²) in [5.74, 6) is 0.561. The minimum Gasteiger partial charge on any atom is -0.490 e. The predicted molar refractivity (Wildman–Crippen MR) is 121 cm³/mol. The van der Waals surface area contributed by atoms with Gasteiger partial charge in [0.05, 0.1) is 16.5 Å². The number of nitrogens with zero attached hydrogens (tertiary/aromatic N) is 1. The van der Waals surface area contributed by atoms with Gasteiger partial charge in [0.25, 0.3) is 11.1 Å². The van der Waals surface area contributed by atoms with Crippen LogP contribution in [0, 0.1) is 0 Å². The summed E-state index contributed by atoms with van der Waals surface area (Å²) in [5, 5.41) is 0.682. The number of rotatable bonds is 8. The van der Waals surface area contributed by atoms with Gasteiger partial charge in [0, 0.05) is 17.1 Å². The highest BCUT2D eigenvalue weighted by Gasteiger charge is 2.34. The highest BCUT2D eigenvalue weighted by Crippen LogP contribution is 2.39. The third-order valence-electron chi connectivity index (χ3n) is 4.28. The van der Waals surface area contributed by atoms with E-state index >= 15 is 0 Å². The fraction of sp³-hybridized carbons (Fsp3) is 0.273. The first-order valence-electron chi connectivity index (χ1n) is 9.52. The molecule has 3 rings (SSSR count). The fourth-order valence-corrected chi connectivity index (χ4v) is 4.24. The summed E-state index contributed by atoms with van der Waals surface area (Å²) in [4.78, 5) is 26.1. The van der Waals surface area contributed by atoms with Crippen molar-refractivity contribution in [1.29, 1.82) is 0 Å². The molecular formula is C22H21Cl2NO4S. The Morgan fingerprint density at radius 1 is 1.07 bits per heavy atom. The Hall–Kier alpha value is -2.15. The van der Waals surface area contributed by atoms with Crippen LogP contribution in [0.1, 0.15) is 31.4 Å². The van der Waals surface area contributed by atoms with Crippen LogP contribution < -0.4 is 9.47 Å². The summed E-state index contributed by atoms with van der Waals surface area (Å²) in [6.07, 6.45) is 2.36. The molecule has 1 fully saturated rings. The van der Waals surface area contributed by atoms with Crippen LogP contribution in [0.3, 0.4) is 0 Å². The summed E-state index contributed by atoms with van der Waals surface area (Å²) in [5.41, 5.74) is 1.47. The minimum absolute atomic E-state index is 0.231. The smallest absolute Gasteiger partial charge is 0.293 e. The molecule has 2 aromatic rings. The van der Waals surface area contributed by atoms with E-state index in [0.29, 0.717) is 51.6 Å². The van der Waals surface area contributed by atoms with Crippen molar-refractivity contribution in [3.63, 3.8) is 0 Å². The number of hydrogen-bond acceptors (Lipinski definition) is 5. The second-order valence-corrected chi connectivity index (χ2v) is 8.28. The molecule has 2 amide bonds. The molecule has 0 radical (unpaired) electrons.